The summed E-state index contributed by atoms with van der Waals surface area (Å²) in [6.07, 6.45) is 7.36. The van der Waals surface area contributed by atoms with Gasteiger partial charge >= 0.3 is 0 Å². The summed E-state index contributed by atoms with van der Waals surface area (Å²) < 4.78 is 6.10. The number of allylic oxidation sites excluding steroid dienone is 3. The van der Waals surface area contributed by atoms with Crippen LogP contribution in [0.3, 0.4) is 0 Å². The summed E-state index contributed by atoms with van der Waals surface area (Å²) in [7, 11) is 0. The summed E-state index contributed by atoms with van der Waals surface area (Å²) in [4.78, 5) is 4.85. The molecule has 0 fully saturated rings. The third-order valence-electron chi connectivity index (χ3n) is 12.7. The molecule has 3 nitrogen and oxygen atoms in total. The van der Waals surface area contributed by atoms with Crippen molar-refractivity contribution < 1.29 is 4.74 Å². The number of rotatable bonds is 11. The number of hydrogen-bond donors (Lipinski definition) is 0. The Balaban J connectivity index is 1.20. The van der Waals surface area contributed by atoms with Crippen LogP contribution in [0.5, 0.6) is 0 Å². The Labute approximate surface area is 350 Å². The molecule has 0 saturated heterocycles. The largest absolute Gasteiger partial charge is 0.378 e. The van der Waals surface area contributed by atoms with Gasteiger partial charge < -0.3 is 14.5 Å². The first-order valence-corrected chi connectivity index (χ1v) is 21.2. The van der Waals surface area contributed by atoms with Crippen molar-refractivity contribution in [3.63, 3.8) is 0 Å². The number of fused-ring (bicyclic) bond motifs is 8. The number of hydrogen-bond acceptors (Lipinski definition) is 3. The average molecular weight is 771 g/mol. The van der Waals surface area contributed by atoms with Crippen LogP contribution in [0.25, 0.3) is 33.0 Å². The SMILES string of the molecule is C/C=C\C=C(/CC(C)OCC)N(c1ccccc1)c1ccc2c(c1)C(C)(C)c1cc3c(cc1-2)C(C)(C)c1cc(N(c2ccccc2)c2ccccc2)c2ccccc2c1-3. The Kier molecular flexibility index (Phi) is 9.89. The standard InChI is InChI=1S/C56H54N2O/c1-8-10-22-42(33-38(3)59-9-2)57(39-23-14-11-15-24-39)43-31-32-44-47-35-51-48(36-50(47)55(4,5)49(44)34-43)54-46-30-21-20-29-45(46)53(37-52(54)56(51,6)7)58(40-25-16-12-17-26-40)41-27-18-13-19-28-41/h8,10-32,34-38H,9,33H2,1-7H3/b10-8-,42-22+. The molecule has 1 unspecified atom stereocenters. The predicted octanol–water partition coefficient (Wildman–Crippen LogP) is 15.3. The van der Waals surface area contributed by atoms with E-state index in [1.807, 2.05) is 0 Å². The van der Waals surface area contributed by atoms with Gasteiger partial charge in [-0.05, 0) is 143 Å². The molecular weight excluding hydrogens is 717 g/mol. The average Bonchev–Trinajstić information content (AvgIpc) is 3.62. The van der Waals surface area contributed by atoms with Crippen LogP contribution < -0.4 is 9.80 Å². The molecule has 9 rings (SSSR count). The van der Waals surface area contributed by atoms with Gasteiger partial charge in [0.15, 0.2) is 0 Å². The van der Waals surface area contributed by atoms with Gasteiger partial charge in [-0.2, -0.15) is 0 Å². The fraction of sp³-hybridized carbons (Fsp3) is 0.214. The second kappa shape index (κ2) is 15.2. The maximum absolute atomic E-state index is 6.10. The Morgan fingerprint density at radius 3 is 1.75 bits per heavy atom. The van der Waals surface area contributed by atoms with Crippen LogP contribution in [0.4, 0.5) is 28.4 Å². The molecule has 0 aliphatic heterocycles. The summed E-state index contributed by atoms with van der Waals surface area (Å²) in [5, 5.41) is 2.54. The van der Waals surface area contributed by atoms with Crippen molar-refractivity contribution in [3.8, 4) is 22.3 Å². The molecular formula is C56H54N2O. The van der Waals surface area contributed by atoms with Gasteiger partial charge in [0.1, 0.15) is 0 Å². The summed E-state index contributed by atoms with van der Waals surface area (Å²) in [6.45, 7) is 16.7. The van der Waals surface area contributed by atoms with Crippen LogP contribution in [-0.4, -0.2) is 12.7 Å². The molecule has 0 spiro atoms. The monoisotopic (exact) mass is 770 g/mol. The molecule has 2 aliphatic carbocycles. The summed E-state index contributed by atoms with van der Waals surface area (Å²) >= 11 is 0. The van der Waals surface area contributed by atoms with Gasteiger partial charge in [0.05, 0.1) is 11.8 Å². The van der Waals surface area contributed by atoms with Crippen LogP contribution in [0.15, 0.2) is 176 Å². The molecule has 0 saturated carbocycles. The highest BCUT2D eigenvalue weighted by Gasteiger charge is 2.43. The number of ether oxygens (including phenoxy) is 1. The van der Waals surface area contributed by atoms with E-state index < -0.39 is 0 Å². The fourth-order valence-electron chi connectivity index (χ4n) is 9.82. The van der Waals surface area contributed by atoms with E-state index in [-0.39, 0.29) is 16.9 Å². The van der Waals surface area contributed by atoms with Gasteiger partial charge in [-0.25, -0.2) is 0 Å². The Morgan fingerprint density at radius 2 is 1.12 bits per heavy atom. The fourth-order valence-corrected chi connectivity index (χ4v) is 9.82. The molecule has 59 heavy (non-hydrogen) atoms. The summed E-state index contributed by atoms with van der Waals surface area (Å²) in [5.74, 6) is 0. The first-order chi connectivity index (χ1) is 28.6. The maximum Gasteiger partial charge on any atom is 0.0601 e. The van der Waals surface area contributed by atoms with Gasteiger partial charge in [-0.15, -0.1) is 0 Å². The van der Waals surface area contributed by atoms with Gasteiger partial charge in [-0.3, -0.25) is 0 Å². The highest BCUT2D eigenvalue weighted by Crippen LogP contribution is 2.59. The topological polar surface area (TPSA) is 15.7 Å². The predicted molar refractivity (Wildman–Crippen MR) is 251 cm³/mol. The molecule has 3 heteroatoms. The number of para-hydroxylation sites is 3. The lowest BCUT2D eigenvalue weighted by Gasteiger charge is -2.31. The van der Waals surface area contributed by atoms with Crippen molar-refractivity contribution in [1.82, 2.24) is 0 Å². The highest BCUT2D eigenvalue weighted by molar-refractivity contribution is 6.10. The van der Waals surface area contributed by atoms with Gasteiger partial charge in [0.25, 0.3) is 0 Å². The first kappa shape index (κ1) is 38.4. The molecule has 0 heterocycles. The lowest BCUT2D eigenvalue weighted by molar-refractivity contribution is 0.0766. The molecule has 1 atom stereocenters. The van der Waals surface area contributed by atoms with E-state index in [2.05, 4.69) is 228 Å². The zero-order valence-electron chi connectivity index (χ0n) is 35.5. The Morgan fingerprint density at radius 1 is 0.576 bits per heavy atom. The zero-order valence-corrected chi connectivity index (χ0v) is 35.5. The maximum atomic E-state index is 6.10. The van der Waals surface area contributed by atoms with Crippen molar-refractivity contribution in [1.29, 1.82) is 0 Å². The first-order valence-electron chi connectivity index (χ1n) is 21.2. The summed E-state index contributed by atoms with van der Waals surface area (Å²) in [5.41, 5.74) is 17.4. The number of anilines is 5. The Bertz CT molecular complexity index is 2690. The van der Waals surface area contributed by atoms with Crippen molar-refractivity contribution >= 4 is 39.2 Å². The third-order valence-corrected chi connectivity index (χ3v) is 12.7. The van der Waals surface area contributed by atoms with Crippen LogP contribution in [0, 0.1) is 0 Å². The van der Waals surface area contributed by atoms with E-state index >= 15 is 0 Å². The van der Waals surface area contributed by atoms with Crippen LogP contribution in [-0.2, 0) is 15.6 Å². The second-order valence-corrected chi connectivity index (χ2v) is 17.1. The van der Waals surface area contributed by atoms with Crippen LogP contribution >= 0.6 is 0 Å². The van der Waals surface area contributed by atoms with Gasteiger partial charge in [0, 0.05) is 57.7 Å². The Hall–Kier alpha value is -6.16. The zero-order chi connectivity index (χ0) is 40.9. The van der Waals surface area contributed by atoms with E-state index in [0.717, 1.165) is 29.2 Å². The van der Waals surface area contributed by atoms with E-state index in [1.54, 1.807) is 0 Å². The lowest BCUT2D eigenvalue weighted by atomic mass is 9.79. The van der Waals surface area contributed by atoms with E-state index in [1.165, 1.54) is 66.7 Å². The van der Waals surface area contributed by atoms with Crippen molar-refractivity contribution in [2.24, 2.45) is 0 Å². The van der Waals surface area contributed by atoms with Crippen molar-refractivity contribution in [3.05, 3.63) is 198 Å². The van der Waals surface area contributed by atoms with E-state index in [9.17, 15) is 0 Å². The second-order valence-electron chi connectivity index (χ2n) is 17.1. The van der Waals surface area contributed by atoms with Crippen molar-refractivity contribution in [2.75, 3.05) is 16.4 Å². The van der Waals surface area contributed by atoms with Gasteiger partial charge in [0.2, 0.25) is 0 Å². The molecule has 0 bridgehead atoms. The minimum atomic E-state index is -0.224. The van der Waals surface area contributed by atoms with Crippen molar-refractivity contribution in [2.45, 2.75) is 71.8 Å². The van der Waals surface area contributed by atoms with Crippen LogP contribution in [0.2, 0.25) is 0 Å². The summed E-state index contributed by atoms with van der Waals surface area (Å²) in [6, 6.07) is 56.1. The molecule has 294 valence electrons. The molecule has 2 aliphatic rings. The molecule has 7 aromatic rings. The molecule has 0 aromatic heterocycles. The smallest absolute Gasteiger partial charge is 0.0601 e. The van der Waals surface area contributed by atoms with E-state index in [0.29, 0.717) is 6.61 Å². The van der Waals surface area contributed by atoms with Gasteiger partial charge in [-0.1, -0.05) is 125 Å². The third kappa shape index (κ3) is 6.49. The number of benzene rings is 7. The molecule has 0 radical (unpaired) electrons. The quantitative estimate of drug-likeness (QED) is 0.122. The normalized spacial score (nSPS) is 15.1. The lowest BCUT2D eigenvalue weighted by Crippen LogP contribution is -2.22. The molecule has 0 N–H and O–H groups in total. The highest BCUT2D eigenvalue weighted by atomic mass is 16.5. The van der Waals surface area contributed by atoms with Crippen LogP contribution in [0.1, 0.15) is 77.1 Å². The minimum absolute atomic E-state index is 0.0818. The van der Waals surface area contributed by atoms with E-state index in [4.69, 9.17) is 4.74 Å². The minimum Gasteiger partial charge on any atom is -0.378 e. The molecule has 7 aromatic carbocycles. The number of nitrogens with zero attached hydrogens (tertiary/aromatic N) is 2. The molecule has 0 amide bonds.